The fraction of sp³-hybridized carbons (Fsp3) is 0.417. The highest BCUT2D eigenvalue weighted by Crippen LogP contribution is 2.26. The molecule has 0 aliphatic rings. The molecule has 0 aliphatic heterocycles. The summed E-state index contributed by atoms with van der Waals surface area (Å²) in [6, 6.07) is 0. The lowest BCUT2D eigenvalue weighted by atomic mass is 10.2. The number of aliphatic hydroxyl groups is 1. The number of methoxy groups -OCH3 is 1. The Morgan fingerprint density at radius 3 is 2.68 bits per heavy atom. The van der Waals surface area contributed by atoms with Crippen LogP contribution in [0.15, 0.2) is 23.1 Å². The summed E-state index contributed by atoms with van der Waals surface area (Å²) in [5, 5.41) is 14.6. The Bertz CT molecular complexity index is 541. The van der Waals surface area contributed by atoms with Crippen LogP contribution in [0.4, 0.5) is 0 Å². The van der Waals surface area contributed by atoms with E-state index in [1.807, 2.05) is 6.92 Å². The van der Waals surface area contributed by atoms with Crippen LogP contribution in [0.5, 0.6) is 0 Å². The van der Waals surface area contributed by atoms with Gasteiger partial charge in [-0.15, -0.1) is 0 Å². The number of aromatic nitrogens is 4. The van der Waals surface area contributed by atoms with Crippen molar-refractivity contribution in [3.8, 4) is 0 Å². The van der Waals surface area contributed by atoms with Gasteiger partial charge in [0.25, 0.3) is 0 Å². The SMILES string of the molecule is COCCn1ncc(Br)c1C(O)c1ncc(C)cn1. The number of aryl methyl sites for hydroxylation is 1. The average molecular weight is 327 g/mol. The number of ether oxygens (including phenoxy) is 1. The zero-order valence-electron chi connectivity index (χ0n) is 10.7. The first-order valence-electron chi connectivity index (χ1n) is 5.80. The van der Waals surface area contributed by atoms with Crippen molar-refractivity contribution >= 4 is 15.9 Å². The molecule has 0 bridgehead atoms. The van der Waals surface area contributed by atoms with Gasteiger partial charge in [-0.1, -0.05) is 0 Å². The molecule has 1 atom stereocenters. The minimum absolute atomic E-state index is 0.352. The molecule has 102 valence electrons. The predicted molar refractivity (Wildman–Crippen MR) is 72.6 cm³/mol. The van der Waals surface area contributed by atoms with Gasteiger partial charge in [0.2, 0.25) is 0 Å². The summed E-state index contributed by atoms with van der Waals surface area (Å²) < 4.78 is 7.43. The lowest BCUT2D eigenvalue weighted by Gasteiger charge is -2.13. The van der Waals surface area contributed by atoms with Crippen molar-refractivity contribution in [3.05, 3.63) is 40.1 Å². The molecular formula is C12H15BrN4O2. The third-order valence-corrected chi connectivity index (χ3v) is 3.26. The molecule has 0 aliphatic carbocycles. The standard InChI is InChI=1S/C12H15BrN4O2/c1-8-5-14-12(15-6-8)11(18)10-9(13)7-16-17(10)3-4-19-2/h5-7,11,18H,3-4H2,1-2H3. The van der Waals surface area contributed by atoms with Crippen LogP contribution in [0.3, 0.4) is 0 Å². The summed E-state index contributed by atoms with van der Waals surface area (Å²) in [7, 11) is 1.62. The number of hydrogen-bond donors (Lipinski definition) is 1. The normalized spacial score (nSPS) is 12.6. The van der Waals surface area contributed by atoms with Crippen molar-refractivity contribution < 1.29 is 9.84 Å². The van der Waals surface area contributed by atoms with Crippen LogP contribution in [-0.2, 0) is 11.3 Å². The smallest absolute Gasteiger partial charge is 0.163 e. The first kappa shape index (κ1) is 14.1. The zero-order chi connectivity index (χ0) is 13.8. The molecule has 6 nitrogen and oxygen atoms in total. The lowest BCUT2D eigenvalue weighted by Crippen LogP contribution is -2.15. The minimum atomic E-state index is -0.922. The molecule has 2 aromatic heterocycles. The third-order valence-electron chi connectivity index (χ3n) is 2.64. The van der Waals surface area contributed by atoms with E-state index in [4.69, 9.17) is 4.74 Å². The Kier molecular flexibility index (Phi) is 4.62. The van der Waals surface area contributed by atoms with Gasteiger partial charge in [0.15, 0.2) is 11.9 Å². The maximum absolute atomic E-state index is 10.4. The molecule has 0 amide bonds. The molecule has 1 N–H and O–H groups in total. The van der Waals surface area contributed by atoms with Gasteiger partial charge in [0.05, 0.1) is 29.5 Å². The van der Waals surface area contributed by atoms with Gasteiger partial charge in [-0.05, 0) is 28.4 Å². The van der Waals surface area contributed by atoms with E-state index in [1.54, 1.807) is 30.4 Å². The van der Waals surface area contributed by atoms with Gasteiger partial charge >= 0.3 is 0 Å². The van der Waals surface area contributed by atoms with Crippen LogP contribution in [0.25, 0.3) is 0 Å². The monoisotopic (exact) mass is 326 g/mol. The summed E-state index contributed by atoms with van der Waals surface area (Å²) in [5.41, 5.74) is 1.57. The van der Waals surface area contributed by atoms with Gasteiger partial charge < -0.3 is 9.84 Å². The summed E-state index contributed by atoms with van der Waals surface area (Å²) in [6.07, 6.45) is 4.07. The second kappa shape index (κ2) is 6.23. The number of rotatable bonds is 5. The van der Waals surface area contributed by atoms with Crippen molar-refractivity contribution in [2.75, 3.05) is 13.7 Å². The molecule has 0 radical (unpaired) electrons. The van der Waals surface area contributed by atoms with E-state index in [-0.39, 0.29) is 0 Å². The summed E-state index contributed by atoms with van der Waals surface area (Å²) in [4.78, 5) is 8.28. The van der Waals surface area contributed by atoms with Gasteiger partial charge in [0, 0.05) is 19.5 Å². The van der Waals surface area contributed by atoms with Crippen LogP contribution in [0.1, 0.15) is 23.2 Å². The molecule has 0 aromatic carbocycles. The van der Waals surface area contributed by atoms with E-state index in [1.165, 1.54) is 0 Å². The maximum Gasteiger partial charge on any atom is 0.163 e. The van der Waals surface area contributed by atoms with E-state index in [9.17, 15) is 5.11 Å². The molecule has 0 saturated carbocycles. The van der Waals surface area contributed by atoms with E-state index in [0.717, 1.165) is 10.0 Å². The predicted octanol–water partition coefficient (Wildman–Crippen LogP) is 1.47. The van der Waals surface area contributed by atoms with Crippen LogP contribution < -0.4 is 0 Å². The van der Waals surface area contributed by atoms with E-state index >= 15 is 0 Å². The number of halogens is 1. The van der Waals surface area contributed by atoms with Crippen molar-refractivity contribution in [3.63, 3.8) is 0 Å². The second-order valence-corrected chi connectivity index (χ2v) is 4.97. The second-order valence-electron chi connectivity index (χ2n) is 4.11. The highest BCUT2D eigenvalue weighted by atomic mass is 79.9. The van der Waals surface area contributed by atoms with Gasteiger partial charge in [0.1, 0.15) is 0 Å². The molecular weight excluding hydrogens is 312 g/mol. The van der Waals surface area contributed by atoms with Gasteiger partial charge in [-0.2, -0.15) is 5.10 Å². The quantitative estimate of drug-likeness (QED) is 0.900. The fourth-order valence-corrected chi connectivity index (χ4v) is 2.18. The highest BCUT2D eigenvalue weighted by molar-refractivity contribution is 9.10. The third kappa shape index (κ3) is 3.17. The molecule has 1 unspecified atom stereocenters. The molecule has 2 rings (SSSR count). The van der Waals surface area contributed by atoms with Gasteiger partial charge in [-0.3, -0.25) is 4.68 Å². The molecule has 19 heavy (non-hydrogen) atoms. The van der Waals surface area contributed by atoms with E-state index in [2.05, 4.69) is 31.0 Å². The van der Waals surface area contributed by atoms with Crippen molar-refractivity contribution in [1.82, 2.24) is 19.7 Å². The minimum Gasteiger partial charge on any atom is -0.383 e. The van der Waals surface area contributed by atoms with Gasteiger partial charge in [-0.25, -0.2) is 9.97 Å². The molecule has 0 spiro atoms. The summed E-state index contributed by atoms with van der Waals surface area (Å²) in [6.45, 7) is 2.97. The molecule has 0 saturated heterocycles. The Labute approximate surface area is 119 Å². The maximum atomic E-state index is 10.4. The van der Waals surface area contributed by atoms with Crippen LogP contribution in [0.2, 0.25) is 0 Å². The zero-order valence-corrected chi connectivity index (χ0v) is 12.3. The van der Waals surface area contributed by atoms with Crippen LogP contribution in [-0.4, -0.2) is 38.6 Å². The summed E-state index contributed by atoms with van der Waals surface area (Å²) in [5.74, 6) is 0.352. The van der Waals surface area contributed by atoms with Crippen molar-refractivity contribution in [2.45, 2.75) is 19.6 Å². The Balaban J connectivity index is 2.29. The van der Waals surface area contributed by atoms with Crippen LogP contribution >= 0.6 is 15.9 Å². The molecule has 7 heteroatoms. The first-order chi connectivity index (χ1) is 9.13. The molecule has 0 fully saturated rings. The van der Waals surface area contributed by atoms with E-state index < -0.39 is 6.10 Å². The molecule has 2 aromatic rings. The number of nitrogens with zero attached hydrogens (tertiary/aromatic N) is 4. The molecule has 2 heterocycles. The number of aliphatic hydroxyl groups excluding tert-OH is 1. The lowest BCUT2D eigenvalue weighted by molar-refractivity contribution is 0.168. The number of hydrogen-bond acceptors (Lipinski definition) is 5. The first-order valence-corrected chi connectivity index (χ1v) is 6.59. The Morgan fingerprint density at radius 1 is 1.37 bits per heavy atom. The highest BCUT2D eigenvalue weighted by Gasteiger charge is 2.21. The topological polar surface area (TPSA) is 73.1 Å². The average Bonchev–Trinajstić information content (AvgIpc) is 2.77. The van der Waals surface area contributed by atoms with E-state index in [0.29, 0.717) is 24.7 Å². The van der Waals surface area contributed by atoms with Crippen LogP contribution in [0, 0.1) is 6.92 Å². The largest absolute Gasteiger partial charge is 0.383 e. The summed E-state index contributed by atoms with van der Waals surface area (Å²) >= 11 is 3.38. The Hall–Kier alpha value is -1.31. The fourth-order valence-electron chi connectivity index (χ4n) is 1.67. The Morgan fingerprint density at radius 2 is 2.05 bits per heavy atom. The van der Waals surface area contributed by atoms with Crippen molar-refractivity contribution in [1.29, 1.82) is 0 Å². The van der Waals surface area contributed by atoms with Crippen molar-refractivity contribution in [2.24, 2.45) is 0 Å².